The van der Waals surface area contributed by atoms with Gasteiger partial charge >= 0.3 is 12.1 Å². The van der Waals surface area contributed by atoms with Gasteiger partial charge in [-0.2, -0.15) is 13.2 Å². The number of nitrogens with zero attached hydrogens (tertiary/aromatic N) is 1. The van der Waals surface area contributed by atoms with E-state index in [1.54, 1.807) is 0 Å². The molecule has 0 fully saturated rings. The monoisotopic (exact) mass is 476 g/mol. The van der Waals surface area contributed by atoms with Gasteiger partial charge in [-0.3, -0.25) is 9.10 Å². The zero-order valence-electron chi connectivity index (χ0n) is 15.7. The standard InChI is InChI=1S/C19H16ClF3N2O5S/c1-2-8-25(13-5-3-4-12(9-13)19(21,22)23)31(28,29)14-6-7-16(20)15(10-14)18(27)30-11-17(24)26/h2-7,9-10H,1,8,11H2,(H2,24,26). The van der Waals surface area contributed by atoms with Crippen LogP contribution in [0.25, 0.3) is 0 Å². The Hall–Kier alpha value is -3.05. The van der Waals surface area contributed by atoms with Crippen molar-refractivity contribution in [1.29, 1.82) is 0 Å². The molecule has 31 heavy (non-hydrogen) atoms. The van der Waals surface area contributed by atoms with Crippen molar-refractivity contribution in [3.05, 3.63) is 71.3 Å². The molecule has 0 saturated carbocycles. The summed E-state index contributed by atoms with van der Waals surface area (Å²) in [5.41, 5.74) is 3.22. The molecule has 0 radical (unpaired) electrons. The van der Waals surface area contributed by atoms with Gasteiger partial charge in [0.15, 0.2) is 6.61 Å². The molecule has 0 spiro atoms. The summed E-state index contributed by atoms with van der Waals surface area (Å²) < 4.78 is 70.9. The summed E-state index contributed by atoms with van der Waals surface area (Å²) in [6.45, 7) is 2.33. The van der Waals surface area contributed by atoms with E-state index in [0.29, 0.717) is 10.4 Å². The Morgan fingerprint density at radius 2 is 1.87 bits per heavy atom. The molecule has 0 heterocycles. The number of alkyl halides is 3. The van der Waals surface area contributed by atoms with E-state index in [-0.39, 0.29) is 22.8 Å². The third-order valence-corrected chi connectivity index (χ3v) is 5.97. The lowest BCUT2D eigenvalue weighted by molar-refractivity contribution is -0.137. The van der Waals surface area contributed by atoms with Crippen molar-refractivity contribution in [2.75, 3.05) is 17.5 Å². The van der Waals surface area contributed by atoms with E-state index in [1.165, 1.54) is 12.1 Å². The Kier molecular flexibility index (Phi) is 7.34. The molecule has 1 amide bonds. The first kappa shape index (κ1) is 24.2. The molecular formula is C19H16ClF3N2O5S. The molecule has 0 aliphatic heterocycles. The second kappa shape index (κ2) is 9.40. The first-order valence-corrected chi connectivity index (χ1v) is 10.3. The van der Waals surface area contributed by atoms with E-state index in [2.05, 4.69) is 11.3 Å². The van der Waals surface area contributed by atoms with E-state index >= 15 is 0 Å². The number of amides is 1. The van der Waals surface area contributed by atoms with Gasteiger partial charge in [-0.1, -0.05) is 23.7 Å². The fraction of sp³-hybridized carbons (Fsp3) is 0.158. The average Bonchev–Trinajstić information content (AvgIpc) is 2.69. The first-order valence-electron chi connectivity index (χ1n) is 8.43. The minimum Gasteiger partial charge on any atom is -0.452 e. The minimum absolute atomic E-state index is 0.164. The van der Waals surface area contributed by atoms with Crippen molar-refractivity contribution in [3.63, 3.8) is 0 Å². The van der Waals surface area contributed by atoms with Crippen molar-refractivity contribution < 1.29 is 35.9 Å². The summed E-state index contributed by atoms with van der Waals surface area (Å²) in [7, 11) is -4.45. The van der Waals surface area contributed by atoms with E-state index in [0.717, 1.165) is 30.3 Å². The third-order valence-electron chi connectivity index (χ3n) is 3.85. The zero-order chi connectivity index (χ0) is 23.4. The van der Waals surface area contributed by atoms with Gasteiger partial charge in [-0.15, -0.1) is 6.58 Å². The topological polar surface area (TPSA) is 107 Å². The van der Waals surface area contributed by atoms with Crippen molar-refractivity contribution in [2.45, 2.75) is 11.1 Å². The fourth-order valence-corrected chi connectivity index (χ4v) is 4.11. The highest BCUT2D eigenvalue weighted by Gasteiger charge is 2.32. The Morgan fingerprint density at radius 1 is 1.19 bits per heavy atom. The van der Waals surface area contributed by atoms with E-state index in [1.807, 2.05) is 0 Å². The van der Waals surface area contributed by atoms with Gasteiger partial charge in [-0.05, 0) is 36.4 Å². The molecule has 166 valence electrons. The Morgan fingerprint density at radius 3 is 2.45 bits per heavy atom. The molecule has 12 heteroatoms. The van der Waals surface area contributed by atoms with Gasteiger partial charge in [0.1, 0.15) is 0 Å². The van der Waals surface area contributed by atoms with Crippen LogP contribution in [-0.4, -0.2) is 33.4 Å². The van der Waals surface area contributed by atoms with Crippen LogP contribution in [0.2, 0.25) is 5.02 Å². The first-order chi connectivity index (χ1) is 14.4. The lowest BCUT2D eigenvalue weighted by Crippen LogP contribution is -2.31. The molecule has 0 saturated heterocycles. The summed E-state index contributed by atoms with van der Waals surface area (Å²) >= 11 is 5.92. The van der Waals surface area contributed by atoms with Crippen LogP contribution in [0.15, 0.2) is 60.0 Å². The van der Waals surface area contributed by atoms with Crippen LogP contribution in [0, 0.1) is 0 Å². The molecule has 0 aromatic heterocycles. The number of primary amides is 1. The maximum absolute atomic E-state index is 13.2. The summed E-state index contributed by atoms with van der Waals surface area (Å²) in [5.74, 6) is -2.04. The highest BCUT2D eigenvalue weighted by atomic mass is 35.5. The maximum atomic E-state index is 13.2. The number of carbonyl (C=O) groups excluding carboxylic acids is 2. The molecule has 2 rings (SSSR count). The molecule has 7 nitrogen and oxygen atoms in total. The smallest absolute Gasteiger partial charge is 0.416 e. The quantitative estimate of drug-likeness (QED) is 0.464. The van der Waals surface area contributed by atoms with Crippen molar-refractivity contribution in [1.82, 2.24) is 0 Å². The number of esters is 1. The second-order valence-electron chi connectivity index (χ2n) is 6.06. The lowest BCUT2D eigenvalue weighted by Gasteiger charge is -2.24. The molecule has 0 unspecified atom stereocenters. The number of hydrogen-bond donors (Lipinski definition) is 1. The number of nitrogens with two attached hydrogens (primary N) is 1. The fourth-order valence-electron chi connectivity index (χ4n) is 2.46. The normalized spacial score (nSPS) is 11.6. The van der Waals surface area contributed by atoms with Crippen LogP contribution in [0.3, 0.4) is 0 Å². The highest BCUT2D eigenvalue weighted by molar-refractivity contribution is 7.92. The van der Waals surface area contributed by atoms with Crippen LogP contribution in [0.4, 0.5) is 18.9 Å². The number of ether oxygens (including phenoxy) is 1. The van der Waals surface area contributed by atoms with Gasteiger partial charge in [0.25, 0.3) is 15.9 Å². The number of hydrogen-bond acceptors (Lipinski definition) is 5. The van der Waals surface area contributed by atoms with Crippen LogP contribution >= 0.6 is 11.6 Å². The van der Waals surface area contributed by atoms with Crippen LogP contribution < -0.4 is 10.0 Å². The summed E-state index contributed by atoms with van der Waals surface area (Å²) in [6.07, 6.45) is -3.49. The van der Waals surface area contributed by atoms with Gasteiger partial charge in [-0.25, -0.2) is 13.2 Å². The predicted molar refractivity (Wildman–Crippen MR) is 107 cm³/mol. The van der Waals surface area contributed by atoms with Crippen LogP contribution in [0.5, 0.6) is 0 Å². The molecule has 0 aliphatic rings. The van der Waals surface area contributed by atoms with Gasteiger partial charge in [0, 0.05) is 0 Å². The Labute approximate surface area is 180 Å². The molecule has 0 bridgehead atoms. The average molecular weight is 477 g/mol. The molecule has 0 atom stereocenters. The molecule has 2 aromatic carbocycles. The SMILES string of the molecule is C=CCN(c1cccc(C(F)(F)F)c1)S(=O)(=O)c1ccc(Cl)c(C(=O)OCC(N)=O)c1. The number of sulfonamides is 1. The van der Waals surface area contributed by atoms with Crippen molar-refractivity contribution in [3.8, 4) is 0 Å². The highest BCUT2D eigenvalue weighted by Crippen LogP contribution is 2.33. The van der Waals surface area contributed by atoms with E-state index in [4.69, 9.17) is 17.3 Å². The van der Waals surface area contributed by atoms with Crippen LogP contribution in [-0.2, 0) is 25.7 Å². The van der Waals surface area contributed by atoms with Crippen molar-refractivity contribution in [2.24, 2.45) is 5.73 Å². The number of rotatable bonds is 8. The maximum Gasteiger partial charge on any atom is 0.416 e. The van der Waals surface area contributed by atoms with Gasteiger partial charge in [0.2, 0.25) is 0 Å². The van der Waals surface area contributed by atoms with E-state index < -0.39 is 45.1 Å². The number of carbonyl (C=O) groups is 2. The van der Waals surface area contributed by atoms with Crippen molar-refractivity contribution >= 4 is 39.2 Å². The van der Waals surface area contributed by atoms with Crippen LogP contribution in [0.1, 0.15) is 15.9 Å². The minimum atomic E-state index is -4.68. The van der Waals surface area contributed by atoms with E-state index in [9.17, 15) is 31.2 Å². The molecule has 2 N–H and O–H groups in total. The number of halogens is 4. The second-order valence-corrected chi connectivity index (χ2v) is 8.33. The largest absolute Gasteiger partial charge is 0.452 e. The Bertz CT molecular complexity index is 1120. The van der Waals surface area contributed by atoms with Gasteiger partial charge < -0.3 is 10.5 Å². The molecular weight excluding hydrogens is 461 g/mol. The molecule has 2 aromatic rings. The van der Waals surface area contributed by atoms with Gasteiger partial charge in [0.05, 0.1) is 33.3 Å². The number of anilines is 1. The summed E-state index contributed by atoms with van der Waals surface area (Å²) in [5, 5.41) is -0.164. The zero-order valence-corrected chi connectivity index (χ0v) is 17.3. The summed E-state index contributed by atoms with van der Waals surface area (Å²) in [4.78, 5) is 22.4. The predicted octanol–water partition coefficient (Wildman–Crippen LogP) is 3.38. The number of benzene rings is 2. The summed E-state index contributed by atoms with van der Waals surface area (Å²) in [6, 6.07) is 6.81. The Balaban J connectivity index is 2.53. The third kappa shape index (κ3) is 5.76. The molecule has 0 aliphatic carbocycles. The lowest BCUT2D eigenvalue weighted by atomic mass is 10.2.